The fraction of sp³-hybridized carbons (Fsp3) is 0.909. The van der Waals surface area contributed by atoms with E-state index in [1.165, 1.54) is 0 Å². The fourth-order valence-corrected chi connectivity index (χ4v) is 2.11. The normalized spacial score (nSPS) is 31.4. The molecule has 0 aromatic rings. The maximum atomic E-state index is 12.1. The Morgan fingerprint density at radius 2 is 2.38 bits per heavy atom. The summed E-state index contributed by atoms with van der Waals surface area (Å²) in [7, 11) is 0. The van der Waals surface area contributed by atoms with E-state index in [-0.39, 0.29) is 18.1 Å². The van der Waals surface area contributed by atoms with Gasteiger partial charge in [-0.15, -0.1) is 0 Å². The van der Waals surface area contributed by atoms with Gasteiger partial charge in [0, 0.05) is 19.6 Å². The van der Waals surface area contributed by atoms with Gasteiger partial charge in [0.2, 0.25) is 5.91 Å². The van der Waals surface area contributed by atoms with Gasteiger partial charge in [-0.3, -0.25) is 4.79 Å². The molecular weight excluding hydrogens is 208 g/mol. The first-order valence-electron chi connectivity index (χ1n) is 6.02. The van der Waals surface area contributed by atoms with Crippen molar-refractivity contribution in [3.8, 4) is 0 Å². The molecule has 1 N–H and O–H groups in total. The molecule has 2 aliphatic heterocycles. The number of carbonyl (C=O) groups excluding carboxylic acids is 1. The molecule has 16 heavy (non-hydrogen) atoms. The van der Waals surface area contributed by atoms with E-state index in [9.17, 15) is 4.79 Å². The zero-order chi connectivity index (χ0) is 11.4. The predicted octanol–water partition coefficient (Wildman–Crippen LogP) is -0.388. The Labute approximate surface area is 96.1 Å². The standard InChI is InChI=1S/C11H20N2O3/c1-2-9-7-13(4-6-16-9)11(14)10-8-15-5-3-12-10/h9-10,12H,2-8H2,1H3. The lowest BCUT2D eigenvalue weighted by Crippen LogP contribution is -2.56. The molecule has 2 heterocycles. The molecule has 0 bridgehead atoms. The number of rotatable bonds is 2. The maximum Gasteiger partial charge on any atom is 0.242 e. The van der Waals surface area contributed by atoms with Gasteiger partial charge in [-0.05, 0) is 6.42 Å². The van der Waals surface area contributed by atoms with Crippen LogP contribution < -0.4 is 5.32 Å². The molecule has 2 aliphatic rings. The van der Waals surface area contributed by atoms with Crippen LogP contribution in [-0.4, -0.2) is 62.4 Å². The Morgan fingerprint density at radius 1 is 1.50 bits per heavy atom. The van der Waals surface area contributed by atoms with Crippen LogP contribution in [-0.2, 0) is 14.3 Å². The average Bonchev–Trinajstić information content (AvgIpc) is 2.39. The highest BCUT2D eigenvalue weighted by molar-refractivity contribution is 5.82. The molecule has 0 spiro atoms. The molecule has 2 fully saturated rings. The number of morpholine rings is 2. The third-order valence-electron chi connectivity index (χ3n) is 3.13. The van der Waals surface area contributed by atoms with Crippen molar-refractivity contribution in [3.05, 3.63) is 0 Å². The predicted molar refractivity (Wildman–Crippen MR) is 59.2 cm³/mol. The fourth-order valence-electron chi connectivity index (χ4n) is 2.11. The van der Waals surface area contributed by atoms with Crippen LogP contribution in [0.2, 0.25) is 0 Å². The highest BCUT2D eigenvalue weighted by Gasteiger charge is 2.29. The smallest absolute Gasteiger partial charge is 0.242 e. The number of ether oxygens (including phenoxy) is 2. The number of hydrogen-bond donors (Lipinski definition) is 1. The van der Waals surface area contributed by atoms with E-state index in [0.29, 0.717) is 32.9 Å². The second-order valence-corrected chi connectivity index (χ2v) is 4.27. The van der Waals surface area contributed by atoms with Crippen LogP contribution in [0.4, 0.5) is 0 Å². The molecule has 5 heteroatoms. The Bertz CT molecular complexity index is 241. The number of nitrogens with one attached hydrogen (secondary N) is 1. The molecule has 1 amide bonds. The number of nitrogens with zero attached hydrogens (tertiary/aromatic N) is 1. The molecule has 5 nitrogen and oxygen atoms in total. The van der Waals surface area contributed by atoms with Gasteiger partial charge in [0.25, 0.3) is 0 Å². The third kappa shape index (κ3) is 2.72. The van der Waals surface area contributed by atoms with Crippen molar-refractivity contribution in [2.75, 3.05) is 39.5 Å². The summed E-state index contributed by atoms with van der Waals surface area (Å²) >= 11 is 0. The van der Waals surface area contributed by atoms with Gasteiger partial charge in [-0.1, -0.05) is 6.92 Å². The Kier molecular flexibility index (Phi) is 4.15. The van der Waals surface area contributed by atoms with Crippen molar-refractivity contribution in [2.24, 2.45) is 0 Å². The van der Waals surface area contributed by atoms with E-state index >= 15 is 0 Å². The second kappa shape index (κ2) is 5.61. The summed E-state index contributed by atoms with van der Waals surface area (Å²) in [5, 5.41) is 3.19. The second-order valence-electron chi connectivity index (χ2n) is 4.27. The zero-order valence-corrected chi connectivity index (χ0v) is 9.78. The van der Waals surface area contributed by atoms with Gasteiger partial charge in [0.15, 0.2) is 0 Å². The minimum absolute atomic E-state index is 0.154. The topological polar surface area (TPSA) is 50.8 Å². The number of hydrogen-bond acceptors (Lipinski definition) is 4. The molecular formula is C11H20N2O3. The van der Waals surface area contributed by atoms with Crippen molar-refractivity contribution >= 4 is 5.91 Å². The van der Waals surface area contributed by atoms with E-state index in [0.717, 1.165) is 13.0 Å². The summed E-state index contributed by atoms with van der Waals surface area (Å²) in [4.78, 5) is 14.0. The van der Waals surface area contributed by atoms with Gasteiger partial charge < -0.3 is 19.7 Å². The Morgan fingerprint density at radius 3 is 3.06 bits per heavy atom. The van der Waals surface area contributed by atoms with Crippen molar-refractivity contribution < 1.29 is 14.3 Å². The quantitative estimate of drug-likeness (QED) is 0.699. The summed E-state index contributed by atoms with van der Waals surface area (Å²) in [5.41, 5.74) is 0. The van der Waals surface area contributed by atoms with Crippen LogP contribution in [0.25, 0.3) is 0 Å². The third-order valence-corrected chi connectivity index (χ3v) is 3.13. The van der Waals surface area contributed by atoms with Crippen molar-refractivity contribution in [3.63, 3.8) is 0 Å². The summed E-state index contributed by atoms with van der Waals surface area (Å²) in [6.45, 7) is 6.11. The molecule has 92 valence electrons. The zero-order valence-electron chi connectivity index (χ0n) is 9.78. The molecule has 2 atom stereocenters. The maximum absolute atomic E-state index is 12.1. The van der Waals surface area contributed by atoms with Crippen molar-refractivity contribution in [1.29, 1.82) is 0 Å². The van der Waals surface area contributed by atoms with E-state index in [4.69, 9.17) is 9.47 Å². The molecule has 2 rings (SSSR count). The highest BCUT2D eigenvalue weighted by atomic mass is 16.5. The molecule has 2 unspecified atom stereocenters. The van der Waals surface area contributed by atoms with Gasteiger partial charge in [0.1, 0.15) is 6.04 Å². The molecule has 0 aliphatic carbocycles. The van der Waals surface area contributed by atoms with Gasteiger partial charge in [0.05, 0.1) is 25.9 Å². The lowest BCUT2D eigenvalue weighted by Gasteiger charge is -2.35. The van der Waals surface area contributed by atoms with Crippen LogP contribution in [0.5, 0.6) is 0 Å². The lowest BCUT2D eigenvalue weighted by molar-refractivity contribution is -0.143. The van der Waals surface area contributed by atoms with Crippen LogP contribution in [0.15, 0.2) is 0 Å². The van der Waals surface area contributed by atoms with Gasteiger partial charge in [-0.25, -0.2) is 0 Å². The summed E-state index contributed by atoms with van der Waals surface area (Å²) in [6, 6.07) is -0.163. The van der Waals surface area contributed by atoms with Crippen LogP contribution >= 0.6 is 0 Å². The first-order chi connectivity index (χ1) is 7.81. The van der Waals surface area contributed by atoms with Crippen molar-refractivity contribution in [1.82, 2.24) is 10.2 Å². The van der Waals surface area contributed by atoms with Crippen LogP contribution in [0.1, 0.15) is 13.3 Å². The highest BCUT2D eigenvalue weighted by Crippen LogP contribution is 2.10. The summed E-state index contributed by atoms with van der Waals surface area (Å²) in [5.74, 6) is 0.154. The molecule has 0 aromatic carbocycles. The first-order valence-corrected chi connectivity index (χ1v) is 6.02. The number of carbonyl (C=O) groups is 1. The van der Waals surface area contributed by atoms with E-state index < -0.39 is 0 Å². The SMILES string of the molecule is CCC1CN(C(=O)C2COCCN2)CCO1. The van der Waals surface area contributed by atoms with Gasteiger partial charge >= 0.3 is 0 Å². The largest absolute Gasteiger partial charge is 0.378 e. The summed E-state index contributed by atoms with van der Waals surface area (Å²) < 4.78 is 10.9. The molecule has 0 radical (unpaired) electrons. The first kappa shape index (κ1) is 11.8. The van der Waals surface area contributed by atoms with E-state index in [1.807, 2.05) is 4.90 Å². The summed E-state index contributed by atoms with van der Waals surface area (Å²) in [6.07, 6.45) is 1.15. The van der Waals surface area contributed by atoms with Crippen LogP contribution in [0.3, 0.4) is 0 Å². The van der Waals surface area contributed by atoms with Gasteiger partial charge in [-0.2, -0.15) is 0 Å². The Balaban J connectivity index is 1.87. The monoisotopic (exact) mass is 228 g/mol. The Hall–Kier alpha value is -0.650. The molecule has 2 saturated heterocycles. The minimum atomic E-state index is -0.163. The lowest BCUT2D eigenvalue weighted by atomic mass is 10.2. The van der Waals surface area contributed by atoms with E-state index in [1.54, 1.807) is 0 Å². The minimum Gasteiger partial charge on any atom is -0.378 e. The molecule has 0 aromatic heterocycles. The van der Waals surface area contributed by atoms with E-state index in [2.05, 4.69) is 12.2 Å². The average molecular weight is 228 g/mol. The van der Waals surface area contributed by atoms with Crippen LogP contribution in [0, 0.1) is 0 Å². The molecule has 0 saturated carbocycles. The number of amides is 1. The van der Waals surface area contributed by atoms with Crippen molar-refractivity contribution in [2.45, 2.75) is 25.5 Å².